The lowest BCUT2D eigenvalue weighted by atomic mass is 9.83. The highest BCUT2D eigenvalue weighted by Crippen LogP contribution is 2.53. The van der Waals surface area contributed by atoms with Crippen molar-refractivity contribution < 1.29 is 19.0 Å². The molecule has 1 aliphatic rings. The summed E-state index contributed by atoms with van der Waals surface area (Å²) in [6.45, 7) is 6.24. The molecule has 5 aromatic carbocycles. The maximum Gasteiger partial charge on any atom is 0.341 e. The molecule has 0 atom stereocenters. The van der Waals surface area contributed by atoms with Gasteiger partial charge in [0.15, 0.2) is 5.60 Å². The molecule has 10 heteroatoms. The van der Waals surface area contributed by atoms with Gasteiger partial charge in [-0.25, -0.2) is 4.79 Å². The van der Waals surface area contributed by atoms with Crippen molar-refractivity contribution in [1.82, 2.24) is 0 Å². The highest BCUT2D eigenvalue weighted by Gasteiger charge is 2.48. The fraction of sp³-hybridized carbons (Fsp3) is 0.271. The Kier molecular flexibility index (Phi) is 14.1. The Morgan fingerprint density at radius 1 is 0.586 bits per heavy atom. The van der Waals surface area contributed by atoms with Crippen LogP contribution in [0.4, 0.5) is 11.4 Å². The largest absolute Gasteiger partial charge is 0.497 e. The molecule has 0 fully saturated rings. The van der Waals surface area contributed by atoms with E-state index in [1.807, 2.05) is 60.7 Å². The van der Waals surface area contributed by atoms with Gasteiger partial charge in [-0.2, -0.15) is 0 Å². The SMILES string of the molecule is CCCCN(C)c1ccc(C(=CC2(C=C(c3ccc(OC)cc3)c3ccc(N(C)CCCC)cc3)OC(=O)c3c(Cl)c(Cl)c(Cl)c(Cl)c32)c2ccc(OC)cc2)cc1. The summed E-state index contributed by atoms with van der Waals surface area (Å²) in [6.07, 6.45) is 8.22. The van der Waals surface area contributed by atoms with E-state index in [2.05, 4.69) is 86.3 Å². The number of carbonyl (C=O) groups excluding carboxylic acids is 1. The highest BCUT2D eigenvalue weighted by molar-refractivity contribution is 6.53. The summed E-state index contributed by atoms with van der Waals surface area (Å²) in [5.41, 5.74) is 5.85. The Morgan fingerprint density at radius 2 is 0.948 bits per heavy atom. The Balaban J connectivity index is 1.67. The number of nitrogens with zero attached hydrogens (tertiary/aromatic N) is 2. The van der Waals surface area contributed by atoms with Crippen LogP contribution in [0.25, 0.3) is 11.1 Å². The molecule has 0 saturated heterocycles. The van der Waals surface area contributed by atoms with Gasteiger partial charge in [-0.1, -0.05) is 122 Å². The normalized spacial score (nSPS) is 15.2. The molecular weight excluding hydrogens is 810 g/mol. The van der Waals surface area contributed by atoms with E-state index in [0.717, 1.165) is 83.5 Å². The smallest absolute Gasteiger partial charge is 0.341 e. The summed E-state index contributed by atoms with van der Waals surface area (Å²) in [7, 11) is 7.45. The van der Waals surface area contributed by atoms with Crippen LogP contribution < -0.4 is 19.3 Å². The zero-order valence-corrected chi connectivity index (χ0v) is 36.7. The van der Waals surface area contributed by atoms with Crippen molar-refractivity contribution in [2.24, 2.45) is 0 Å². The van der Waals surface area contributed by atoms with E-state index >= 15 is 0 Å². The number of cyclic esters (lactones) is 1. The van der Waals surface area contributed by atoms with E-state index in [9.17, 15) is 4.79 Å². The van der Waals surface area contributed by atoms with Crippen molar-refractivity contribution in [3.05, 3.63) is 163 Å². The number of anilines is 2. The number of fused-ring (bicyclic) bond motifs is 1. The first-order valence-electron chi connectivity index (χ1n) is 19.4. The minimum atomic E-state index is -1.64. The summed E-state index contributed by atoms with van der Waals surface area (Å²) in [5, 5.41) is 0.0284. The van der Waals surface area contributed by atoms with Gasteiger partial charge >= 0.3 is 5.97 Å². The monoisotopic (exact) mass is 856 g/mol. The molecule has 0 N–H and O–H groups in total. The number of methoxy groups -OCH3 is 2. The molecule has 6 nitrogen and oxygen atoms in total. The summed E-state index contributed by atoms with van der Waals surface area (Å²) in [4.78, 5) is 18.7. The second-order valence-electron chi connectivity index (χ2n) is 14.4. The summed E-state index contributed by atoms with van der Waals surface area (Å²) >= 11 is 27.5. The van der Waals surface area contributed by atoms with Crippen LogP contribution in [0.2, 0.25) is 20.1 Å². The van der Waals surface area contributed by atoms with Crippen LogP contribution in [0.3, 0.4) is 0 Å². The van der Waals surface area contributed by atoms with Gasteiger partial charge in [0, 0.05) is 44.1 Å². The number of hydrogen-bond acceptors (Lipinski definition) is 6. The first-order chi connectivity index (χ1) is 27.9. The molecule has 5 aromatic rings. The average Bonchev–Trinajstić information content (AvgIpc) is 3.55. The van der Waals surface area contributed by atoms with Gasteiger partial charge in [0.05, 0.1) is 39.9 Å². The van der Waals surface area contributed by atoms with Crippen LogP contribution >= 0.6 is 46.4 Å². The van der Waals surface area contributed by atoms with Gasteiger partial charge in [0.25, 0.3) is 0 Å². The van der Waals surface area contributed by atoms with Crippen molar-refractivity contribution in [3.63, 3.8) is 0 Å². The van der Waals surface area contributed by atoms with E-state index in [-0.39, 0.29) is 25.7 Å². The zero-order chi connectivity index (χ0) is 41.6. The second-order valence-corrected chi connectivity index (χ2v) is 15.9. The molecule has 6 rings (SSSR count). The average molecular weight is 859 g/mol. The van der Waals surface area contributed by atoms with Crippen molar-refractivity contribution in [3.8, 4) is 11.5 Å². The van der Waals surface area contributed by atoms with Gasteiger partial charge in [0.2, 0.25) is 0 Å². The summed E-state index contributed by atoms with van der Waals surface area (Å²) in [5.74, 6) is 0.715. The first kappa shape index (κ1) is 43.0. The molecule has 0 spiro atoms. The standard InChI is InChI=1S/C48H48Cl4N2O4/c1-7-9-27-53(3)35-19-11-31(12-20-35)39(33-15-23-37(56-5)24-16-33)29-48(42-41(47(55)58-48)43(49)45(51)46(52)44(42)50)30-40(34-17-25-38(57-6)26-18-34)32-13-21-36(22-14-32)54(4)28-10-8-2/h11-26,29-30H,7-10,27-28H2,1-6H3. The lowest BCUT2D eigenvalue weighted by Gasteiger charge is -2.28. The quantitative estimate of drug-likeness (QED) is 0.0560. The van der Waals surface area contributed by atoms with Gasteiger partial charge in [-0.3, -0.25) is 0 Å². The van der Waals surface area contributed by atoms with Gasteiger partial charge in [0.1, 0.15) is 11.5 Å². The Bertz CT molecular complexity index is 2170. The Morgan fingerprint density at radius 3 is 1.31 bits per heavy atom. The molecule has 1 aliphatic heterocycles. The van der Waals surface area contributed by atoms with Gasteiger partial charge in [-0.15, -0.1) is 0 Å². The van der Waals surface area contributed by atoms with Crippen LogP contribution in [-0.2, 0) is 10.3 Å². The van der Waals surface area contributed by atoms with Gasteiger partial charge < -0.3 is 24.0 Å². The lowest BCUT2D eigenvalue weighted by Crippen LogP contribution is -2.23. The molecule has 0 radical (unpaired) electrons. The third-order valence-electron chi connectivity index (χ3n) is 10.6. The summed E-state index contributed by atoms with van der Waals surface area (Å²) in [6, 6.07) is 32.2. The van der Waals surface area contributed by atoms with Crippen LogP contribution in [0.15, 0.2) is 109 Å². The van der Waals surface area contributed by atoms with Gasteiger partial charge in [-0.05, 0) is 107 Å². The molecule has 0 aliphatic carbocycles. The minimum Gasteiger partial charge on any atom is -0.497 e. The maximum atomic E-state index is 14.2. The maximum absolute atomic E-state index is 14.2. The first-order valence-corrected chi connectivity index (χ1v) is 20.9. The molecule has 0 saturated carbocycles. The molecular formula is C48H48Cl4N2O4. The second kappa shape index (κ2) is 19.0. The van der Waals surface area contributed by atoms with E-state index in [0.29, 0.717) is 17.1 Å². The molecule has 0 bridgehead atoms. The number of carbonyl (C=O) groups is 1. The summed E-state index contributed by atoms with van der Waals surface area (Å²) < 4.78 is 17.7. The molecule has 302 valence electrons. The fourth-order valence-electron chi connectivity index (χ4n) is 7.17. The number of hydrogen-bond donors (Lipinski definition) is 0. The van der Waals surface area contributed by atoms with Crippen LogP contribution in [0.5, 0.6) is 11.5 Å². The number of halogens is 4. The number of esters is 1. The van der Waals surface area contributed by atoms with E-state index in [4.69, 9.17) is 60.6 Å². The van der Waals surface area contributed by atoms with Crippen LogP contribution in [0, 0.1) is 0 Å². The lowest BCUT2D eigenvalue weighted by molar-refractivity contribution is 0.0300. The topological polar surface area (TPSA) is 51.2 Å². The zero-order valence-electron chi connectivity index (χ0n) is 33.7. The Hall–Kier alpha value is -4.59. The molecule has 1 heterocycles. The molecule has 0 aromatic heterocycles. The van der Waals surface area contributed by atoms with Crippen LogP contribution in [-0.4, -0.2) is 47.4 Å². The Labute approximate surface area is 362 Å². The molecule has 0 amide bonds. The van der Waals surface area contributed by atoms with Crippen molar-refractivity contribution >= 4 is 74.9 Å². The predicted molar refractivity (Wildman–Crippen MR) is 243 cm³/mol. The third kappa shape index (κ3) is 9.01. The molecule has 58 heavy (non-hydrogen) atoms. The van der Waals surface area contributed by atoms with Crippen LogP contribution in [0.1, 0.15) is 77.7 Å². The highest BCUT2D eigenvalue weighted by atomic mass is 35.5. The van der Waals surface area contributed by atoms with E-state index in [1.54, 1.807) is 14.2 Å². The van der Waals surface area contributed by atoms with E-state index in [1.165, 1.54) is 0 Å². The molecule has 0 unspecified atom stereocenters. The van der Waals surface area contributed by atoms with Crippen molar-refractivity contribution in [2.45, 2.75) is 45.1 Å². The number of rotatable bonds is 16. The van der Waals surface area contributed by atoms with E-state index < -0.39 is 11.6 Å². The fourth-order valence-corrected chi connectivity index (χ4v) is 8.24. The number of benzene rings is 5. The minimum absolute atomic E-state index is 0.0208. The number of ether oxygens (including phenoxy) is 3. The van der Waals surface area contributed by atoms with Crippen molar-refractivity contribution in [2.75, 3.05) is 51.2 Å². The third-order valence-corrected chi connectivity index (χ3v) is 12.4. The number of unbranched alkanes of at least 4 members (excludes halogenated alkanes) is 2. The predicted octanol–water partition coefficient (Wildman–Crippen LogP) is 13.4. The van der Waals surface area contributed by atoms with Crippen molar-refractivity contribution in [1.29, 1.82) is 0 Å².